The van der Waals surface area contributed by atoms with Crippen molar-refractivity contribution in [2.45, 2.75) is 26.1 Å². The van der Waals surface area contributed by atoms with Crippen LogP contribution in [-0.2, 0) is 13.1 Å². The summed E-state index contributed by atoms with van der Waals surface area (Å²) >= 11 is 0. The third-order valence-electron chi connectivity index (χ3n) is 6.86. The fourth-order valence-electron chi connectivity index (χ4n) is 4.80. The van der Waals surface area contributed by atoms with Gasteiger partial charge in [0, 0.05) is 25.0 Å². The van der Waals surface area contributed by atoms with E-state index in [0.717, 1.165) is 35.6 Å². The number of rotatable bonds is 9. The van der Waals surface area contributed by atoms with Crippen molar-refractivity contribution in [1.82, 2.24) is 19.5 Å². The van der Waals surface area contributed by atoms with Crippen LogP contribution in [0.1, 0.15) is 29.7 Å². The molecule has 192 valence electrons. The van der Waals surface area contributed by atoms with Crippen LogP contribution >= 0.6 is 0 Å². The molecule has 0 saturated heterocycles. The highest BCUT2D eigenvalue weighted by molar-refractivity contribution is 5.81. The number of nitrogens with zero attached hydrogens (tertiary/aromatic N) is 5. The Morgan fingerprint density at radius 1 is 0.744 bits per heavy atom. The van der Waals surface area contributed by atoms with E-state index in [1.807, 2.05) is 35.2 Å². The summed E-state index contributed by atoms with van der Waals surface area (Å²) < 4.78 is 2.01. The molecule has 0 aliphatic carbocycles. The molecule has 0 fully saturated rings. The zero-order chi connectivity index (χ0) is 26.4. The largest absolute Gasteiger partial charge is 0.363 e. The summed E-state index contributed by atoms with van der Waals surface area (Å²) in [6.07, 6.45) is 3.62. The average Bonchev–Trinajstić information content (AvgIpc) is 3.42. The predicted molar refractivity (Wildman–Crippen MR) is 158 cm³/mol. The SMILES string of the molecule is C[C@H](Nc1nccc(-n2cnc3cc(N(Cc4ccccc4)Cc4ccccc4)ccc32)n1)c1ccccc1. The van der Waals surface area contributed by atoms with Gasteiger partial charge in [-0.25, -0.2) is 9.97 Å². The van der Waals surface area contributed by atoms with E-state index in [4.69, 9.17) is 9.97 Å². The minimum Gasteiger partial charge on any atom is -0.363 e. The molecule has 0 unspecified atom stereocenters. The molecule has 6 heteroatoms. The van der Waals surface area contributed by atoms with Gasteiger partial charge in [-0.1, -0.05) is 91.0 Å². The molecule has 0 aliphatic rings. The van der Waals surface area contributed by atoms with Crippen LogP contribution in [0.4, 0.5) is 11.6 Å². The van der Waals surface area contributed by atoms with Gasteiger partial charge in [0.2, 0.25) is 5.95 Å². The lowest BCUT2D eigenvalue weighted by Crippen LogP contribution is -2.22. The average molecular weight is 511 g/mol. The summed E-state index contributed by atoms with van der Waals surface area (Å²) in [6, 6.07) is 39.9. The van der Waals surface area contributed by atoms with Crippen LogP contribution in [0.5, 0.6) is 0 Å². The number of hydrogen-bond donors (Lipinski definition) is 1. The molecule has 4 aromatic carbocycles. The van der Waals surface area contributed by atoms with Gasteiger partial charge < -0.3 is 10.2 Å². The van der Waals surface area contributed by atoms with E-state index in [0.29, 0.717) is 5.95 Å². The second-order valence-corrected chi connectivity index (χ2v) is 9.63. The van der Waals surface area contributed by atoms with Crippen LogP contribution in [0.25, 0.3) is 16.9 Å². The summed E-state index contributed by atoms with van der Waals surface area (Å²) in [5.41, 5.74) is 6.77. The topological polar surface area (TPSA) is 58.9 Å². The molecule has 0 saturated carbocycles. The first-order valence-electron chi connectivity index (χ1n) is 13.2. The summed E-state index contributed by atoms with van der Waals surface area (Å²) in [4.78, 5) is 16.4. The fourth-order valence-corrected chi connectivity index (χ4v) is 4.80. The Bertz CT molecular complexity index is 1610. The van der Waals surface area contributed by atoms with Gasteiger partial charge in [-0.3, -0.25) is 4.57 Å². The van der Waals surface area contributed by atoms with E-state index in [1.54, 1.807) is 6.20 Å². The molecule has 39 heavy (non-hydrogen) atoms. The number of benzene rings is 4. The van der Waals surface area contributed by atoms with E-state index < -0.39 is 0 Å². The Morgan fingerprint density at radius 2 is 1.38 bits per heavy atom. The van der Waals surface area contributed by atoms with Crippen molar-refractivity contribution in [3.8, 4) is 5.82 Å². The molecule has 0 bridgehead atoms. The van der Waals surface area contributed by atoms with Crippen molar-refractivity contribution in [1.29, 1.82) is 0 Å². The van der Waals surface area contributed by atoms with E-state index in [-0.39, 0.29) is 6.04 Å². The van der Waals surface area contributed by atoms with Gasteiger partial charge in [0.05, 0.1) is 17.1 Å². The first-order valence-corrected chi connectivity index (χ1v) is 13.2. The van der Waals surface area contributed by atoms with Gasteiger partial charge in [-0.15, -0.1) is 0 Å². The van der Waals surface area contributed by atoms with Gasteiger partial charge in [0.15, 0.2) is 0 Å². The minimum absolute atomic E-state index is 0.0868. The Hall–Kier alpha value is -4.97. The van der Waals surface area contributed by atoms with Crippen molar-refractivity contribution >= 4 is 22.7 Å². The smallest absolute Gasteiger partial charge is 0.225 e. The normalized spacial score (nSPS) is 11.8. The number of fused-ring (bicyclic) bond motifs is 1. The van der Waals surface area contributed by atoms with Crippen molar-refractivity contribution in [3.05, 3.63) is 144 Å². The Balaban J connectivity index is 1.28. The summed E-state index contributed by atoms with van der Waals surface area (Å²) in [5, 5.41) is 3.42. The number of imidazole rings is 1. The molecule has 0 amide bonds. The number of anilines is 2. The highest BCUT2D eigenvalue weighted by Gasteiger charge is 2.14. The second-order valence-electron chi connectivity index (χ2n) is 9.63. The van der Waals surface area contributed by atoms with E-state index in [1.165, 1.54) is 16.7 Å². The van der Waals surface area contributed by atoms with Gasteiger partial charge in [0.25, 0.3) is 0 Å². The summed E-state index contributed by atoms with van der Waals surface area (Å²) in [6.45, 7) is 3.72. The molecule has 0 aliphatic heterocycles. The molecule has 0 spiro atoms. The molecule has 2 aromatic heterocycles. The molecule has 6 aromatic rings. The molecule has 2 heterocycles. The number of nitrogens with one attached hydrogen (secondary N) is 1. The minimum atomic E-state index is 0.0868. The van der Waals surface area contributed by atoms with Gasteiger partial charge >= 0.3 is 0 Å². The molecule has 6 nitrogen and oxygen atoms in total. The number of hydrogen-bond acceptors (Lipinski definition) is 5. The van der Waals surface area contributed by atoms with Crippen LogP contribution in [-0.4, -0.2) is 19.5 Å². The lowest BCUT2D eigenvalue weighted by atomic mass is 10.1. The highest BCUT2D eigenvalue weighted by atomic mass is 15.2. The van der Waals surface area contributed by atoms with E-state index in [2.05, 4.69) is 113 Å². The quantitative estimate of drug-likeness (QED) is 0.223. The molecular formula is C33H30N6. The zero-order valence-electron chi connectivity index (χ0n) is 21.9. The Morgan fingerprint density at radius 3 is 2.05 bits per heavy atom. The third-order valence-corrected chi connectivity index (χ3v) is 6.86. The van der Waals surface area contributed by atoms with Crippen molar-refractivity contribution in [2.75, 3.05) is 10.2 Å². The van der Waals surface area contributed by atoms with Crippen LogP contribution in [0, 0.1) is 0 Å². The van der Waals surface area contributed by atoms with Crippen LogP contribution in [0.15, 0.2) is 128 Å². The van der Waals surface area contributed by atoms with Crippen LogP contribution in [0.3, 0.4) is 0 Å². The first-order chi connectivity index (χ1) is 19.2. The van der Waals surface area contributed by atoms with Crippen molar-refractivity contribution in [2.24, 2.45) is 0 Å². The first kappa shape index (κ1) is 24.4. The fraction of sp³-hybridized carbons (Fsp3) is 0.121. The lowest BCUT2D eigenvalue weighted by molar-refractivity contribution is 0.800. The monoisotopic (exact) mass is 510 g/mol. The molecule has 1 atom stereocenters. The Kier molecular flexibility index (Phi) is 6.99. The zero-order valence-corrected chi connectivity index (χ0v) is 21.9. The second kappa shape index (κ2) is 11.2. The molecular weight excluding hydrogens is 480 g/mol. The standard InChI is InChI=1S/C33H30N6/c1-25(28-15-9-4-10-16-28)36-33-34-20-19-32(37-33)39-24-35-30-21-29(17-18-31(30)39)38(22-26-11-5-2-6-12-26)23-27-13-7-3-8-14-27/h2-21,24-25H,22-23H2,1H3,(H,34,36,37)/t25-/m0/s1. The summed E-state index contributed by atoms with van der Waals surface area (Å²) in [7, 11) is 0. The predicted octanol–water partition coefficient (Wildman–Crippen LogP) is 7.20. The van der Waals surface area contributed by atoms with Crippen molar-refractivity contribution in [3.63, 3.8) is 0 Å². The lowest BCUT2D eigenvalue weighted by Gasteiger charge is -2.25. The molecule has 0 radical (unpaired) electrons. The van der Waals surface area contributed by atoms with Crippen LogP contribution in [0.2, 0.25) is 0 Å². The van der Waals surface area contributed by atoms with E-state index >= 15 is 0 Å². The Labute approximate surface area is 228 Å². The van der Waals surface area contributed by atoms with Crippen LogP contribution < -0.4 is 10.2 Å². The van der Waals surface area contributed by atoms with Crippen molar-refractivity contribution < 1.29 is 0 Å². The van der Waals surface area contributed by atoms with Gasteiger partial charge in [-0.2, -0.15) is 4.98 Å². The summed E-state index contributed by atoms with van der Waals surface area (Å²) in [5.74, 6) is 1.35. The maximum atomic E-state index is 4.79. The van der Waals surface area contributed by atoms with Gasteiger partial charge in [-0.05, 0) is 47.9 Å². The van der Waals surface area contributed by atoms with Gasteiger partial charge in [0.1, 0.15) is 12.1 Å². The third kappa shape index (κ3) is 5.65. The maximum Gasteiger partial charge on any atom is 0.225 e. The molecule has 6 rings (SSSR count). The molecule has 1 N–H and O–H groups in total. The highest BCUT2D eigenvalue weighted by Crippen LogP contribution is 2.26. The number of aromatic nitrogens is 4. The van der Waals surface area contributed by atoms with E-state index in [9.17, 15) is 0 Å². The maximum absolute atomic E-state index is 4.79.